The van der Waals surface area contributed by atoms with Crippen molar-refractivity contribution in [2.24, 2.45) is 0 Å². The van der Waals surface area contributed by atoms with Crippen molar-refractivity contribution < 1.29 is 13.2 Å². The molecule has 0 saturated carbocycles. The Balaban J connectivity index is 1.76. The van der Waals surface area contributed by atoms with Gasteiger partial charge in [0.2, 0.25) is 0 Å². The molecule has 4 nitrogen and oxygen atoms in total. The van der Waals surface area contributed by atoms with E-state index < -0.39 is 17.3 Å². The Morgan fingerprint density at radius 3 is 2.47 bits per heavy atom. The maximum Gasteiger partial charge on any atom is 0.418 e. The van der Waals surface area contributed by atoms with E-state index >= 15 is 0 Å². The zero-order chi connectivity index (χ0) is 20.9. The average molecular weight is 431 g/mol. The number of fused-ring (bicyclic) bond motifs is 1. The third-order valence-electron chi connectivity index (χ3n) is 5.89. The van der Waals surface area contributed by atoms with Gasteiger partial charge in [0.15, 0.2) is 0 Å². The molecule has 1 saturated heterocycles. The fourth-order valence-corrected chi connectivity index (χ4v) is 5.19. The van der Waals surface area contributed by atoms with E-state index in [1.165, 1.54) is 23.5 Å². The number of hydrogen-bond donors (Lipinski definition) is 0. The fourth-order valence-electron chi connectivity index (χ4n) is 4.46. The lowest BCUT2D eigenvalue weighted by atomic mass is 10.1. The summed E-state index contributed by atoms with van der Waals surface area (Å²) >= 11 is 1.48. The van der Waals surface area contributed by atoms with Crippen LogP contribution in [-0.4, -0.2) is 22.9 Å². The van der Waals surface area contributed by atoms with Crippen LogP contribution in [0.3, 0.4) is 0 Å². The molecule has 1 fully saturated rings. The predicted octanol–water partition coefficient (Wildman–Crippen LogP) is 5.07. The van der Waals surface area contributed by atoms with Crippen LogP contribution in [-0.2, 0) is 19.0 Å². The number of nitrogens with zero attached hydrogens (tertiary/aromatic N) is 3. The van der Waals surface area contributed by atoms with E-state index in [-0.39, 0.29) is 5.69 Å². The van der Waals surface area contributed by atoms with Crippen molar-refractivity contribution in [1.82, 2.24) is 9.78 Å². The highest BCUT2D eigenvalue weighted by atomic mass is 32.1. The fraction of sp³-hybridized carbons (Fsp3) is 0.364. The number of hydrogen-bond acceptors (Lipinski definition) is 4. The lowest BCUT2D eigenvalue weighted by Crippen LogP contribution is -2.28. The Labute approximate surface area is 175 Å². The van der Waals surface area contributed by atoms with E-state index in [0.717, 1.165) is 60.0 Å². The van der Waals surface area contributed by atoms with Gasteiger partial charge in [-0.25, -0.2) is 0 Å². The summed E-state index contributed by atoms with van der Waals surface area (Å²) in [5.74, 6) is 0. The summed E-state index contributed by atoms with van der Waals surface area (Å²) in [5, 5.41) is 6.40. The topological polar surface area (TPSA) is 38.1 Å². The molecule has 1 aliphatic heterocycles. The highest BCUT2D eigenvalue weighted by molar-refractivity contribution is 7.13. The van der Waals surface area contributed by atoms with Gasteiger partial charge in [-0.1, -0.05) is 6.07 Å². The zero-order valence-electron chi connectivity index (χ0n) is 16.2. The lowest BCUT2D eigenvalue weighted by Gasteiger charge is -2.22. The third-order valence-corrected chi connectivity index (χ3v) is 6.77. The molecule has 0 bridgehead atoms. The van der Waals surface area contributed by atoms with Crippen molar-refractivity contribution in [3.05, 3.63) is 62.8 Å². The van der Waals surface area contributed by atoms with E-state index in [2.05, 4.69) is 10.00 Å². The minimum atomic E-state index is -4.58. The molecule has 5 rings (SSSR count). The monoisotopic (exact) mass is 431 g/mol. The Morgan fingerprint density at radius 1 is 1.00 bits per heavy atom. The molecule has 2 aromatic heterocycles. The van der Waals surface area contributed by atoms with E-state index in [4.69, 9.17) is 0 Å². The molecule has 0 unspecified atom stereocenters. The first kappa shape index (κ1) is 19.4. The smallest absolute Gasteiger partial charge is 0.371 e. The molecule has 2 aliphatic rings. The average Bonchev–Trinajstić information content (AvgIpc) is 3.49. The normalized spacial score (nSPS) is 16.3. The molecule has 3 aromatic rings. The molecule has 3 heterocycles. The maximum atomic E-state index is 13.9. The second-order valence-corrected chi connectivity index (χ2v) is 8.69. The number of rotatable bonds is 3. The first-order valence-electron chi connectivity index (χ1n) is 10.1. The number of benzene rings is 1. The number of aromatic nitrogens is 2. The predicted molar refractivity (Wildman–Crippen MR) is 112 cm³/mol. The van der Waals surface area contributed by atoms with Gasteiger partial charge in [0.25, 0.3) is 5.56 Å². The van der Waals surface area contributed by atoms with Crippen LogP contribution < -0.4 is 10.5 Å². The van der Waals surface area contributed by atoms with Crippen molar-refractivity contribution in [2.75, 3.05) is 18.0 Å². The molecule has 1 aliphatic carbocycles. The van der Waals surface area contributed by atoms with Gasteiger partial charge in [-0.15, -0.1) is 11.3 Å². The van der Waals surface area contributed by atoms with Crippen LogP contribution >= 0.6 is 11.3 Å². The summed E-state index contributed by atoms with van der Waals surface area (Å²) in [6.07, 6.45) is -0.448. The summed E-state index contributed by atoms with van der Waals surface area (Å²) in [4.78, 5) is 16.1. The van der Waals surface area contributed by atoms with Crippen molar-refractivity contribution in [2.45, 2.75) is 38.3 Å². The highest BCUT2D eigenvalue weighted by Crippen LogP contribution is 2.37. The van der Waals surface area contributed by atoms with Crippen molar-refractivity contribution >= 4 is 17.0 Å². The Morgan fingerprint density at radius 2 is 1.77 bits per heavy atom. The van der Waals surface area contributed by atoms with Crippen LogP contribution in [0.2, 0.25) is 0 Å². The molecular formula is C22H20F3N3OS. The molecule has 0 amide bonds. The van der Waals surface area contributed by atoms with Gasteiger partial charge in [0, 0.05) is 24.3 Å². The van der Waals surface area contributed by atoms with E-state index in [0.29, 0.717) is 23.4 Å². The first-order chi connectivity index (χ1) is 14.4. The number of anilines is 1. The first-order valence-corrected chi connectivity index (χ1v) is 11.0. The second-order valence-electron chi connectivity index (χ2n) is 7.75. The molecule has 156 valence electrons. The summed E-state index contributed by atoms with van der Waals surface area (Å²) in [7, 11) is 0. The number of alkyl halides is 3. The van der Waals surface area contributed by atoms with Crippen molar-refractivity contribution in [3.63, 3.8) is 0 Å². The van der Waals surface area contributed by atoms with Gasteiger partial charge < -0.3 is 4.90 Å². The highest BCUT2D eigenvalue weighted by Gasteiger charge is 2.36. The molecule has 8 heteroatoms. The molecule has 1 aromatic carbocycles. The van der Waals surface area contributed by atoms with Crippen molar-refractivity contribution in [3.8, 4) is 16.3 Å². The summed E-state index contributed by atoms with van der Waals surface area (Å²) < 4.78 is 42.6. The zero-order valence-corrected chi connectivity index (χ0v) is 17.0. The van der Waals surface area contributed by atoms with Gasteiger partial charge in [-0.2, -0.15) is 23.0 Å². The maximum absolute atomic E-state index is 13.9. The van der Waals surface area contributed by atoms with Crippen LogP contribution in [0.5, 0.6) is 0 Å². The molecular weight excluding hydrogens is 411 g/mol. The molecule has 0 spiro atoms. The Hall–Kier alpha value is -2.61. The standard InChI is InChI=1S/C22H20F3N3OS/c23-22(24,25)17-9-8-14(27-10-1-2-11-27)13-18(17)28-21(29)16-6-3-5-15(16)20(26-28)19-7-4-12-30-19/h4,7-9,12-13H,1-3,5-6,10-11H2. The number of thiophene rings is 1. The summed E-state index contributed by atoms with van der Waals surface area (Å²) in [6, 6.07) is 7.83. The van der Waals surface area contributed by atoms with Gasteiger partial charge in [0.05, 0.1) is 16.1 Å². The summed E-state index contributed by atoms with van der Waals surface area (Å²) in [5.41, 5.74) is 1.32. The van der Waals surface area contributed by atoms with Crippen molar-refractivity contribution in [1.29, 1.82) is 0 Å². The van der Waals surface area contributed by atoms with Crippen LogP contribution in [0.4, 0.5) is 18.9 Å². The van der Waals surface area contributed by atoms with Gasteiger partial charge in [-0.05, 0) is 67.3 Å². The third kappa shape index (κ3) is 3.23. The lowest BCUT2D eigenvalue weighted by molar-refractivity contribution is -0.137. The number of halogens is 3. The minimum Gasteiger partial charge on any atom is -0.371 e. The molecule has 0 N–H and O–H groups in total. The van der Waals surface area contributed by atoms with Crippen LogP contribution in [0.15, 0.2) is 40.5 Å². The van der Waals surface area contributed by atoms with Gasteiger partial charge >= 0.3 is 6.18 Å². The SMILES string of the molecule is O=c1c2c(c(-c3cccs3)nn1-c1cc(N3CCCC3)ccc1C(F)(F)F)CCC2. The van der Waals surface area contributed by atoms with Gasteiger partial charge in [0.1, 0.15) is 5.69 Å². The molecule has 30 heavy (non-hydrogen) atoms. The quantitative estimate of drug-likeness (QED) is 0.581. The van der Waals surface area contributed by atoms with E-state index in [1.54, 1.807) is 0 Å². The summed E-state index contributed by atoms with van der Waals surface area (Å²) in [6.45, 7) is 1.61. The second kappa shape index (κ2) is 7.27. The largest absolute Gasteiger partial charge is 0.418 e. The Bertz CT molecular complexity index is 1150. The van der Waals surface area contributed by atoms with E-state index in [1.807, 2.05) is 17.5 Å². The van der Waals surface area contributed by atoms with Crippen LogP contribution in [0.1, 0.15) is 36.0 Å². The minimum absolute atomic E-state index is 0.190. The van der Waals surface area contributed by atoms with E-state index in [9.17, 15) is 18.0 Å². The molecule has 0 radical (unpaired) electrons. The van der Waals surface area contributed by atoms with Gasteiger partial charge in [-0.3, -0.25) is 4.79 Å². The Kier molecular flexibility index (Phi) is 4.69. The van der Waals surface area contributed by atoms with Crippen LogP contribution in [0.25, 0.3) is 16.3 Å². The van der Waals surface area contributed by atoms with Crippen LogP contribution in [0, 0.1) is 0 Å². The molecule has 0 atom stereocenters.